The van der Waals surface area contributed by atoms with Crippen LogP contribution >= 0.6 is 11.8 Å². The summed E-state index contributed by atoms with van der Waals surface area (Å²) in [5, 5.41) is 0. The van der Waals surface area contributed by atoms with Crippen LogP contribution in [0.1, 0.15) is 6.92 Å². The fourth-order valence-electron chi connectivity index (χ4n) is 2.45. The molecule has 1 saturated heterocycles. The van der Waals surface area contributed by atoms with Crippen molar-refractivity contribution in [2.24, 2.45) is 11.8 Å². The number of hydrogen-bond donors (Lipinski definition) is 0. The number of carbonyl (C=O) groups excluding carboxylic acids is 3. The summed E-state index contributed by atoms with van der Waals surface area (Å²) in [7, 11) is 1.29. The molecule has 2 amide bonds. The van der Waals surface area contributed by atoms with Gasteiger partial charge >= 0.3 is 12.1 Å². The van der Waals surface area contributed by atoms with Crippen molar-refractivity contribution in [1.29, 1.82) is 0 Å². The van der Waals surface area contributed by atoms with Crippen LogP contribution < -0.4 is 0 Å². The molecule has 1 fully saturated rings. The number of hydrogen-bond acceptors (Lipinski definition) is 6. The predicted octanol–water partition coefficient (Wildman–Crippen LogP) is 1.02. The molecule has 104 valence electrons. The van der Waals surface area contributed by atoms with Gasteiger partial charge in [-0.05, 0) is 23.7 Å². The van der Waals surface area contributed by atoms with Gasteiger partial charge in [0, 0.05) is 0 Å². The SMILES string of the molecule is COC(=O)[C@@H]1C(C)=C(SC)[C@H]1C(=O)N1CCOC1=O. The largest absolute Gasteiger partial charge is 0.469 e. The summed E-state index contributed by atoms with van der Waals surface area (Å²) in [6, 6.07) is 0. The van der Waals surface area contributed by atoms with Crippen molar-refractivity contribution >= 4 is 29.7 Å². The summed E-state index contributed by atoms with van der Waals surface area (Å²) in [6.45, 7) is 2.25. The molecule has 0 aromatic heterocycles. The molecule has 1 aliphatic carbocycles. The number of esters is 1. The van der Waals surface area contributed by atoms with Crippen molar-refractivity contribution in [3.05, 3.63) is 10.5 Å². The highest BCUT2D eigenvalue weighted by Gasteiger charge is 2.50. The maximum Gasteiger partial charge on any atom is 0.416 e. The van der Waals surface area contributed by atoms with Gasteiger partial charge in [-0.1, -0.05) is 0 Å². The van der Waals surface area contributed by atoms with Crippen LogP contribution in [-0.2, 0) is 19.1 Å². The second-order valence-corrected chi connectivity index (χ2v) is 5.18. The Labute approximate surface area is 115 Å². The number of carbonyl (C=O) groups is 3. The van der Waals surface area contributed by atoms with Crippen LogP contribution in [0.25, 0.3) is 0 Å². The number of imide groups is 1. The third kappa shape index (κ3) is 2.11. The minimum Gasteiger partial charge on any atom is -0.469 e. The fourth-order valence-corrected chi connectivity index (χ4v) is 3.39. The van der Waals surface area contributed by atoms with E-state index in [0.717, 1.165) is 15.4 Å². The van der Waals surface area contributed by atoms with Crippen LogP contribution in [0.4, 0.5) is 4.79 Å². The zero-order chi connectivity index (χ0) is 14.2. The minimum atomic E-state index is -0.640. The van der Waals surface area contributed by atoms with Gasteiger partial charge < -0.3 is 9.47 Å². The van der Waals surface area contributed by atoms with E-state index >= 15 is 0 Å². The molecule has 2 aliphatic rings. The molecule has 2 rings (SSSR count). The predicted molar refractivity (Wildman–Crippen MR) is 68.3 cm³/mol. The maximum absolute atomic E-state index is 12.4. The molecule has 0 aromatic rings. The summed E-state index contributed by atoms with van der Waals surface area (Å²) in [4.78, 5) is 37.4. The van der Waals surface area contributed by atoms with Gasteiger partial charge in [0.15, 0.2) is 0 Å². The smallest absolute Gasteiger partial charge is 0.416 e. The Morgan fingerprint density at radius 2 is 2.11 bits per heavy atom. The second-order valence-electron chi connectivity index (χ2n) is 4.33. The monoisotopic (exact) mass is 285 g/mol. The van der Waals surface area contributed by atoms with Gasteiger partial charge in [0.1, 0.15) is 6.61 Å². The first-order valence-corrected chi connectivity index (χ1v) is 7.06. The third-order valence-corrected chi connectivity index (χ3v) is 4.45. The molecule has 0 bridgehead atoms. The molecule has 0 saturated carbocycles. The number of ether oxygens (including phenoxy) is 2. The van der Waals surface area contributed by atoms with Gasteiger partial charge in [-0.25, -0.2) is 9.69 Å². The summed E-state index contributed by atoms with van der Waals surface area (Å²) in [6.07, 6.45) is 1.20. The van der Waals surface area contributed by atoms with Gasteiger partial charge in [-0.2, -0.15) is 0 Å². The first-order valence-electron chi connectivity index (χ1n) is 5.83. The Hall–Kier alpha value is -1.50. The molecule has 0 aromatic carbocycles. The number of nitrogens with zero attached hydrogens (tertiary/aromatic N) is 1. The van der Waals surface area contributed by atoms with Gasteiger partial charge in [0.05, 0.1) is 25.5 Å². The molecule has 2 atom stereocenters. The molecule has 1 aliphatic heterocycles. The quantitative estimate of drug-likeness (QED) is 0.721. The van der Waals surface area contributed by atoms with E-state index < -0.39 is 23.9 Å². The number of cyclic esters (lactones) is 1. The first kappa shape index (κ1) is 13.9. The van der Waals surface area contributed by atoms with Crippen LogP contribution in [0.3, 0.4) is 0 Å². The van der Waals surface area contributed by atoms with Crippen LogP contribution in [0.5, 0.6) is 0 Å². The van der Waals surface area contributed by atoms with Crippen molar-refractivity contribution < 1.29 is 23.9 Å². The van der Waals surface area contributed by atoms with Crippen LogP contribution in [0, 0.1) is 11.8 Å². The molecular weight excluding hydrogens is 270 g/mol. The van der Waals surface area contributed by atoms with Gasteiger partial charge in [-0.3, -0.25) is 9.59 Å². The molecule has 0 N–H and O–H groups in total. The van der Waals surface area contributed by atoms with Crippen molar-refractivity contribution in [3.8, 4) is 0 Å². The molecule has 0 radical (unpaired) electrons. The summed E-state index contributed by atoms with van der Waals surface area (Å²) in [5.41, 5.74) is 0.838. The Balaban J connectivity index is 2.24. The lowest BCUT2D eigenvalue weighted by atomic mass is 9.74. The lowest BCUT2D eigenvalue weighted by Crippen LogP contribution is -2.47. The lowest BCUT2D eigenvalue weighted by Gasteiger charge is -2.38. The molecule has 7 heteroatoms. The van der Waals surface area contributed by atoms with Crippen LogP contribution in [0.15, 0.2) is 10.5 Å². The second kappa shape index (κ2) is 5.24. The third-order valence-electron chi connectivity index (χ3n) is 3.44. The highest BCUT2D eigenvalue weighted by molar-refractivity contribution is 8.02. The van der Waals surface area contributed by atoms with E-state index in [1.54, 1.807) is 6.92 Å². The van der Waals surface area contributed by atoms with E-state index in [0.29, 0.717) is 0 Å². The zero-order valence-corrected chi connectivity index (χ0v) is 11.8. The maximum atomic E-state index is 12.4. The Morgan fingerprint density at radius 3 is 2.58 bits per heavy atom. The summed E-state index contributed by atoms with van der Waals surface area (Å²) < 4.78 is 9.47. The Kier molecular flexibility index (Phi) is 3.84. The van der Waals surface area contributed by atoms with Crippen LogP contribution in [0.2, 0.25) is 0 Å². The average Bonchev–Trinajstić information content (AvgIpc) is 2.81. The van der Waals surface area contributed by atoms with Crippen molar-refractivity contribution in [1.82, 2.24) is 4.90 Å². The van der Waals surface area contributed by atoms with E-state index in [4.69, 9.17) is 9.47 Å². The standard InChI is InChI=1S/C12H15NO5S/c1-6-7(11(15)17-2)8(9(6)19-3)10(14)13-4-5-18-12(13)16/h7-8H,4-5H2,1-3H3/t7-,8+/m1/s1. The van der Waals surface area contributed by atoms with Gasteiger partial charge in [0.25, 0.3) is 0 Å². The van der Waals surface area contributed by atoms with E-state index in [1.807, 2.05) is 6.26 Å². The molecule has 0 unspecified atom stereocenters. The lowest BCUT2D eigenvalue weighted by molar-refractivity contribution is -0.150. The van der Waals surface area contributed by atoms with E-state index in [1.165, 1.54) is 18.9 Å². The van der Waals surface area contributed by atoms with E-state index in [2.05, 4.69) is 0 Å². The van der Waals surface area contributed by atoms with Crippen molar-refractivity contribution in [3.63, 3.8) is 0 Å². The first-order chi connectivity index (χ1) is 9.02. The van der Waals surface area contributed by atoms with Crippen LogP contribution in [-0.4, -0.2) is 49.4 Å². The van der Waals surface area contributed by atoms with Gasteiger partial charge in [0.2, 0.25) is 5.91 Å². The molecular formula is C12H15NO5S. The van der Waals surface area contributed by atoms with Gasteiger partial charge in [-0.15, -0.1) is 11.8 Å². The summed E-state index contributed by atoms with van der Waals surface area (Å²) in [5.74, 6) is -2.03. The summed E-state index contributed by atoms with van der Waals surface area (Å²) >= 11 is 1.42. The highest BCUT2D eigenvalue weighted by atomic mass is 32.2. The number of thioether (sulfide) groups is 1. The zero-order valence-electron chi connectivity index (χ0n) is 11.0. The number of rotatable bonds is 3. The van der Waals surface area contributed by atoms with Crippen molar-refractivity contribution in [2.75, 3.05) is 26.5 Å². The van der Waals surface area contributed by atoms with Crippen molar-refractivity contribution in [2.45, 2.75) is 6.92 Å². The number of amides is 2. The highest BCUT2D eigenvalue weighted by Crippen LogP contribution is 2.47. The molecule has 1 heterocycles. The topological polar surface area (TPSA) is 72.9 Å². The van der Waals surface area contributed by atoms with E-state index in [-0.39, 0.29) is 19.1 Å². The Morgan fingerprint density at radius 1 is 1.42 bits per heavy atom. The molecule has 6 nitrogen and oxygen atoms in total. The Bertz CT molecular complexity index is 473. The fraction of sp³-hybridized carbons (Fsp3) is 0.583. The number of methoxy groups -OCH3 is 1. The average molecular weight is 285 g/mol. The van der Waals surface area contributed by atoms with E-state index in [9.17, 15) is 14.4 Å². The normalized spacial score (nSPS) is 26.1. The molecule has 0 spiro atoms. The minimum absolute atomic E-state index is 0.206. The molecule has 19 heavy (non-hydrogen) atoms.